The molecule has 1 aliphatic carbocycles. The van der Waals surface area contributed by atoms with Crippen LogP contribution in [0.1, 0.15) is 19.8 Å². The molecule has 0 aromatic heterocycles. The van der Waals surface area contributed by atoms with Gasteiger partial charge >= 0.3 is 0 Å². The van der Waals surface area contributed by atoms with E-state index < -0.39 is 0 Å². The second kappa shape index (κ2) is 1.87. The molecule has 0 aromatic rings. The second-order valence-electron chi connectivity index (χ2n) is 3.19. The zero-order valence-electron chi connectivity index (χ0n) is 6.25. The SMILES string of the molecule is CC1CN=C(N)N1C1CC1. The molecule has 10 heavy (non-hydrogen) atoms. The van der Waals surface area contributed by atoms with Gasteiger partial charge in [-0.2, -0.15) is 0 Å². The molecule has 1 fully saturated rings. The topological polar surface area (TPSA) is 41.6 Å². The first kappa shape index (κ1) is 6.01. The fourth-order valence-corrected chi connectivity index (χ4v) is 1.52. The summed E-state index contributed by atoms with van der Waals surface area (Å²) in [4.78, 5) is 6.43. The molecule has 1 aliphatic heterocycles. The lowest BCUT2D eigenvalue weighted by molar-refractivity contribution is 0.351. The highest BCUT2D eigenvalue weighted by Crippen LogP contribution is 2.30. The van der Waals surface area contributed by atoms with Crippen LogP contribution in [0.2, 0.25) is 0 Å². The molecule has 0 spiro atoms. The maximum Gasteiger partial charge on any atom is 0.191 e. The standard InChI is InChI=1S/C7H13N3/c1-5-4-9-7(8)10(5)6-2-3-6/h5-6H,2-4H2,1H3,(H2,8,9). The molecule has 1 atom stereocenters. The van der Waals surface area contributed by atoms with E-state index in [-0.39, 0.29) is 0 Å². The Kier molecular flexibility index (Phi) is 1.13. The average molecular weight is 139 g/mol. The van der Waals surface area contributed by atoms with E-state index in [2.05, 4.69) is 16.8 Å². The Morgan fingerprint density at radius 1 is 1.60 bits per heavy atom. The van der Waals surface area contributed by atoms with Gasteiger partial charge in [0.15, 0.2) is 5.96 Å². The quantitative estimate of drug-likeness (QED) is 0.562. The van der Waals surface area contributed by atoms with Crippen LogP contribution in [-0.2, 0) is 0 Å². The van der Waals surface area contributed by atoms with Crippen LogP contribution in [-0.4, -0.2) is 29.5 Å². The van der Waals surface area contributed by atoms with Gasteiger partial charge in [-0.15, -0.1) is 0 Å². The molecule has 1 heterocycles. The number of nitrogens with zero attached hydrogens (tertiary/aromatic N) is 2. The van der Waals surface area contributed by atoms with E-state index in [0.29, 0.717) is 6.04 Å². The Balaban J connectivity index is 2.09. The van der Waals surface area contributed by atoms with Gasteiger partial charge in [-0.1, -0.05) is 0 Å². The Morgan fingerprint density at radius 2 is 2.30 bits per heavy atom. The Hall–Kier alpha value is -0.730. The summed E-state index contributed by atoms with van der Waals surface area (Å²) >= 11 is 0. The predicted molar refractivity (Wildman–Crippen MR) is 40.8 cm³/mol. The van der Waals surface area contributed by atoms with Crippen molar-refractivity contribution in [3.8, 4) is 0 Å². The van der Waals surface area contributed by atoms with E-state index in [0.717, 1.165) is 18.5 Å². The Bertz CT molecular complexity index is 172. The van der Waals surface area contributed by atoms with Crippen molar-refractivity contribution in [2.75, 3.05) is 6.54 Å². The van der Waals surface area contributed by atoms with Gasteiger partial charge in [0.25, 0.3) is 0 Å². The van der Waals surface area contributed by atoms with E-state index in [1.165, 1.54) is 12.8 Å². The van der Waals surface area contributed by atoms with Gasteiger partial charge in [0, 0.05) is 12.1 Å². The highest BCUT2D eigenvalue weighted by molar-refractivity contribution is 5.80. The summed E-state index contributed by atoms with van der Waals surface area (Å²) < 4.78 is 0. The van der Waals surface area contributed by atoms with Crippen molar-refractivity contribution in [3.63, 3.8) is 0 Å². The van der Waals surface area contributed by atoms with Crippen molar-refractivity contribution < 1.29 is 0 Å². The van der Waals surface area contributed by atoms with Crippen LogP contribution in [0.25, 0.3) is 0 Å². The highest BCUT2D eigenvalue weighted by atomic mass is 15.3. The summed E-state index contributed by atoms with van der Waals surface area (Å²) in [6.07, 6.45) is 2.61. The first-order valence-electron chi connectivity index (χ1n) is 3.87. The summed E-state index contributed by atoms with van der Waals surface area (Å²) in [5.74, 6) is 0.759. The van der Waals surface area contributed by atoms with Gasteiger partial charge in [0.05, 0.1) is 6.54 Å². The lowest BCUT2D eigenvalue weighted by Gasteiger charge is -2.22. The largest absolute Gasteiger partial charge is 0.370 e. The van der Waals surface area contributed by atoms with E-state index in [4.69, 9.17) is 5.73 Å². The van der Waals surface area contributed by atoms with Crippen molar-refractivity contribution in [2.24, 2.45) is 10.7 Å². The highest BCUT2D eigenvalue weighted by Gasteiger charge is 2.35. The van der Waals surface area contributed by atoms with Crippen molar-refractivity contribution in [1.29, 1.82) is 0 Å². The third kappa shape index (κ3) is 0.770. The van der Waals surface area contributed by atoms with E-state index in [1.807, 2.05) is 0 Å². The lowest BCUT2D eigenvalue weighted by Crippen LogP contribution is -2.40. The number of nitrogens with two attached hydrogens (primary N) is 1. The molecular weight excluding hydrogens is 126 g/mol. The van der Waals surface area contributed by atoms with Crippen LogP contribution in [0, 0.1) is 0 Å². The molecule has 0 bridgehead atoms. The molecule has 2 aliphatic rings. The third-order valence-electron chi connectivity index (χ3n) is 2.20. The van der Waals surface area contributed by atoms with Gasteiger partial charge in [-0.05, 0) is 19.8 Å². The molecule has 56 valence electrons. The molecule has 2 N–H and O–H groups in total. The maximum atomic E-state index is 5.69. The fraction of sp³-hybridized carbons (Fsp3) is 0.857. The summed E-state index contributed by atoms with van der Waals surface area (Å²) in [6.45, 7) is 3.07. The molecule has 3 nitrogen and oxygen atoms in total. The summed E-state index contributed by atoms with van der Waals surface area (Å²) in [5.41, 5.74) is 5.69. The van der Waals surface area contributed by atoms with Crippen LogP contribution in [0.5, 0.6) is 0 Å². The van der Waals surface area contributed by atoms with Crippen LogP contribution in [0.4, 0.5) is 0 Å². The molecule has 1 saturated carbocycles. The van der Waals surface area contributed by atoms with Gasteiger partial charge in [-0.3, -0.25) is 4.99 Å². The van der Waals surface area contributed by atoms with Gasteiger partial charge < -0.3 is 10.6 Å². The van der Waals surface area contributed by atoms with E-state index >= 15 is 0 Å². The summed E-state index contributed by atoms with van der Waals surface area (Å²) in [7, 11) is 0. The third-order valence-corrected chi connectivity index (χ3v) is 2.20. The monoisotopic (exact) mass is 139 g/mol. The molecule has 1 unspecified atom stereocenters. The molecule has 0 aromatic carbocycles. The van der Waals surface area contributed by atoms with Crippen molar-refractivity contribution in [2.45, 2.75) is 31.8 Å². The minimum Gasteiger partial charge on any atom is -0.370 e. The Morgan fingerprint density at radius 3 is 2.70 bits per heavy atom. The van der Waals surface area contributed by atoms with Crippen LogP contribution in [0.15, 0.2) is 4.99 Å². The zero-order chi connectivity index (χ0) is 7.14. The van der Waals surface area contributed by atoms with Gasteiger partial charge in [0.2, 0.25) is 0 Å². The van der Waals surface area contributed by atoms with Gasteiger partial charge in [0.1, 0.15) is 0 Å². The lowest BCUT2D eigenvalue weighted by atomic mass is 10.3. The molecule has 0 amide bonds. The average Bonchev–Trinajstić information content (AvgIpc) is 2.64. The summed E-state index contributed by atoms with van der Waals surface area (Å²) in [5, 5.41) is 0. The molecule has 3 heteroatoms. The number of hydrogen-bond donors (Lipinski definition) is 1. The van der Waals surface area contributed by atoms with E-state index in [1.54, 1.807) is 0 Å². The van der Waals surface area contributed by atoms with Gasteiger partial charge in [-0.25, -0.2) is 0 Å². The maximum absolute atomic E-state index is 5.69. The molecular formula is C7H13N3. The molecule has 0 saturated heterocycles. The minimum absolute atomic E-state index is 0.549. The number of rotatable bonds is 1. The van der Waals surface area contributed by atoms with Crippen LogP contribution < -0.4 is 5.73 Å². The molecule has 2 rings (SSSR count). The van der Waals surface area contributed by atoms with Crippen molar-refractivity contribution in [1.82, 2.24) is 4.90 Å². The van der Waals surface area contributed by atoms with Crippen LogP contribution >= 0.6 is 0 Å². The summed E-state index contributed by atoms with van der Waals surface area (Å²) in [6, 6.07) is 1.27. The Labute approximate surface area is 60.9 Å². The predicted octanol–water partition coefficient (Wildman–Crippen LogP) is 0.168. The number of hydrogen-bond acceptors (Lipinski definition) is 3. The van der Waals surface area contributed by atoms with Crippen LogP contribution in [0.3, 0.4) is 0 Å². The van der Waals surface area contributed by atoms with Crippen molar-refractivity contribution >= 4 is 5.96 Å². The van der Waals surface area contributed by atoms with E-state index in [9.17, 15) is 0 Å². The number of guanidine groups is 1. The molecule has 0 radical (unpaired) electrons. The minimum atomic E-state index is 0.549. The number of aliphatic imine (C=N–C) groups is 1. The normalized spacial score (nSPS) is 32.7. The van der Waals surface area contributed by atoms with Crippen molar-refractivity contribution in [3.05, 3.63) is 0 Å². The first-order chi connectivity index (χ1) is 4.79. The smallest absolute Gasteiger partial charge is 0.191 e. The first-order valence-corrected chi connectivity index (χ1v) is 3.87. The fourth-order valence-electron chi connectivity index (χ4n) is 1.52. The zero-order valence-corrected chi connectivity index (χ0v) is 6.25. The second-order valence-corrected chi connectivity index (χ2v) is 3.19.